The molecule has 0 saturated carbocycles. The Balaban J connectivity index is 2.17. The zero-order chi connectivity index (χ0) is 14.8. The molecule has 0 atom stereocenters. The number of benzene rings is 1. The van der Waals surface area contributed by atoms with Crippen LogP contribution in [0.3, 0.4) is 0 Å². The molecule has 0 aliphatic heterocycles. The quantitative estimate of drug-likeness (QED) is 0.795. The predicted octanol–water partition coefficient (Wildman–Crippen LogP) is 3.37. The summed E-state index contributed by atoms with van der Waals surface area (Å²) < 4.78 is 2.17. The zero-order valence-corrected chi connectivity index (χ0v) is 12.6. The number of pyridine rings is 1. The van der Waals surface area contributed by atoms with Crippen LogP contribution in [0, 0.1) is 6.92 Å². The molecular formula is C18H21N3. The standard InChI is InChI=1S/C18H21N3/c1-3-14-5-7-15(8-6-14)18-16(10-11-19)21-12-13(2)4-9-17(21)20-18/h4-9,12H,3,10-11,19H2,1-2H3. The third kappa shape index (κ3) is 2.57. The molecule has 0 saturated heterocycles. The second-order valence-electron chi connectivity index (χ2n) is 5.43. The fraction of sp³-hybridized carbons (Fsp3) is 0.278. The van der Waals surface area contributed by atoms with Crippen molar-refractivity contribution in [1.29, 1.82) is 0 Å². The summed E-state index contributed by atoms with van der Waals surface area (Å²) in [5, 5.41) is 0. The van der Waals surface area contributed by atoms with Crippen molar-refractivity contribution in [3.63, 3.8) is 0 Å². The number of imidazole rings is 1. The van der Waals surface area contributed by atoms with E-state index in [-0.39, 0.29) is 0 Å². The normalized spacial score (nSPS) is 11.2. The van der Waals surface area contributed by atoms with E-state index in [1.54, 1.807) is 0 Å². The molecule has 3 nitrogen and oxygen atoms in total. The molecule has 21 heavy (non-hydrogen) atoms. The molecule has 3 rings (SSSR count). The maximum atomic E-state index is 5.80. The minimum Gasteiger partial charge on any atom is -0.330 e. The molecule has 0 spiro atoms. The van der Waals surface area contributed by atoms with Crippen molar-refractivity contribution in [2.24, 2.45) is 5.73 Å². The Morgan fingerprint density at radius 2 is 1.86 bits per heavy atom. The van der Waals surface area contributed by atoms with Gasteiger partial charge in [-0.2, -0.15) is 0 Å². The molecule has 0 radical (unpaired) electrons. The molecule has 108 valence electrons. The van der Waals surface area contributed by atoms with Crippen LogP contribution in [-0.2, 0) is 12.8 Å². The smallest absolute Gasteiger partial charge is 0.137 e. The van der Waals surface area contributed by atoms with Crippen LogP contribution in [-0.4, -0.2) is 15.9 Å². The molecule has 0 aliphatic rings. The van der Waals surface area contributed by atoms with Gasteiger partial charge in [0.15, 0.2) is 0 Å². The van der Waals surface area contributed by atoms with Gasteiger partial charge in [-0.1, -0.05) is 37.3 Å². The summed E-state index contributed by atoms with van der Waals surface area (Å²) in [6, 6.07) is 12.8. The topological polar surface area (TPSA) is 43.3 Å². The highest BCUT2D eigenvalue weighted by Crippen LogP contribution is 2.25. The average molecular weight is 279 g/mol. The Labute approximate surface area is 125 Å². The van der Waals surface area contributed by atoms with Crippen LogP contribution in [0.25, 0.3) is 16.9 Å². The Kier molecular flexibility index (Phi) is 3.76. The fourth-order valence-electron chi connectivity index (χ4n) is 2.70. The van der Waals surface area contributed by atoms with Crippen molar-refractivity contribution in [3.05, 3.63) is 59.4 Å². The van der Waals surface area contributed by atoms with E-state index in [1.165, 1.54) is 16.8 Å². The number of aryl methyl sites for hydroxylation is 2. The van der Waals surface area contributed by atoms with Gasteiger partial charge in [-0.25, -0.2) is 4.98 Å². The van der Waals surface area contributed by atoms with Gasteiger partial charge in [-0.15, -0.1) is 0 Å². The third-order valence-corrected chi connectivity index (χ3v) is 3.88. The number of nitrogens with two attached hydrogens (primary N) is 1. The molecule has 0 amide bonds. The maximum Gasteiger partial charge on any atom is 0.137 e. The summed E-state index contributed by atoms with van der Waals surface area (Å²) in [4.78, 5) is 4.81. The summed E-state index contributed by atoms with van der Waals surface area (Å²) >= 11 is 0. The molecule has 2 N–H and O–H groups in total. The van der Waals surface area contributed by atoms with E-state index in [0.717, 1.165) is 29.7 Å². The van der Waals surface area contributed by atoms with E-state index in [9.17, 15) is 0 Å². The molecule has 2 aromatic heterocycles. The van der Waals surface area contributed by atoms with Crippen LogP contribution < -0.4 is 5.73 Å². The summed E-state index contributed by atoms with van der Waals surface area (Å²) in [5.74, 6) is 0. The number of nitrogens with zero attached hydrogens (tertiary/aromatic N) is 2. The lowest BCUT2D eigenvalue weighted by molar-refractivity contribution is 0.904. The molecule has 0 unspecified atom stereocenters. The van der Waals surface area contributed by atoms with Gasteiger partial charge in [0.1, 0.15) is 5.65 Å². The summed E-state index contributed by atoms with van der Waals surface area (Å²) in [6.07, 6.45) is 4.02. The SMILES string of the molecule is CCc1ccc(-c2nc3ccc(C)cn3c2CCN)cc1. The lowest BCUT2D eigenvalue weighted by atomic mass is 10.1. The lowest BCUT2D eigenvalue weighted by Crippen LogP contribution is -2.06. The minimum atomic E-state index is 0.627. The van der Waals surface area contributed by atoms with Crippen LogP contribution in [0.2, 0.25) is 0 Å². The monoisotopic (exact) mass is 279 g/mol. The van der Waals surface area contributed by atoms with Gasteiger partial charge in [0.25, 0.3) is 0 Å². The molecule has 0 aliphatic carbocycles. The van der Waals surface area contributed by atoms with Crippen LogP contribution >= 0.6 is 0 Å². The second-order valence-corrected chi connectivity index (χ2v) is 5.43. The number of fused-ring (bicyclic) bond motifs is 1. The van der Waals surface area contributed by atoms with E-state index in [4.69, 9.17) is 10.7 Å². The van der Waals surface area contributed by atoms with Gasteiger partial charge in [0.2, 0.25) is 0 Å². The summed E-state index contributed by atoms with van der Waals surface area (Å²) in [6.45, 7) is 4.89. The number of hydrogen-bond acceptors (Lipinski definition) is 2. The maximum absolute atomic E-state index is 5.80. The first-order chi connectivity index (χ1) is 10.2. The van der Waals surface area contributed by atoms with E-state index in [2.05, 4.69) is 60.8 Å². The fourth-order valence-corrected chi connectivity index (χ4v) is 2.70. The first-order valence-corrected chi connectivity index (χ1v) is 7.50. The van der Waals surface area contributed by atoms with Crippen molar-refractivity contribution in [2.75, 3.05) is 6.54 Å². The van der Waals surface area contributed by atoms with Crippen LogP contribution in [0.15, 0.2) is 42.6 Å². The molecular weight excluding hydrogens is 258 g/mol. The first-order valence-electron chi connectivity index (χ1n) is 7.50. The van der Waals surface area contributed by atoms with E-state index < -0.39 is 0 Å². The van der Waals surface area contributed by atoms with Crippen LogP contribution in [0.5, 0.6) is 0 Å². The van der Waals surface area contributed by atoms with Gasteiger partial charge in [0, 0.05) is 18.2 Å². The summed E-state index contributed by atoms with van der Waals surface area (Å²) in [5.41, 5.74) is 12.8. The second kappa shape index (κ2) is 5.70. The molecule has 3 heteroatoms. The van der Waals surface area contributed by atoms with Crippen molar-refractivity contribution in [3.8, 4) is 11.3 Å². The van der Waals surface area contributed by atoms with E-state index in [1.807, 2.05) is 0 Å². The Bertz CT molecular complexity index is 754. The van der Waals surface area contributed by atoms with E-state index >= 15 is 0 Å². The van der Waals surface area contributed by atoms with Crippen molar-refractivity contribution < 1.29 is 0 Å². The van der Waals surface area contributed by atoms with Gasteiger partial charge in [0.05, 0.1) is 11.4 Å². The minimum absolute atomic E-state index is 0.627. The Morgan fingerprint density at radius 3 is 2.52 bits per heavy atom. The lowest BCUT2D eigenvalue weighted by Gasteiger charge is -2.05. The first kappa shape index (κ1) is 13.8. The zero-order valence-electron chi connectivity index (χ0n) is 12.6. The average Bonchev–Trinajstić information content (AvgIpc) is 2.86. The predicted molar refractivity (Wildman–Crippen MR) is 87.5 cm³/mol. The molecule has 3 aromatic rings. The highest BCUT2D eigenvalue weighted by atomic mass is 15.0. The highest BCUT2D eigenvalue weighted by Gasteiger charge is 2.13. The van der Waals surface area contributed by atoms with Crippen molar-refractivity contribution >= 4 is 5.65 Å². The van der Waals surface area contributed by atoms with Crippen molar-refractivity contribution in [1.82, 2.24) is 9.38 Å². The van der Waals surface area contributed by atoms with Gasteiger partial charge in [-0.3, -0.25) is 0 Å². The summed E-state index contributed by atoms with van der Waals surface area (Å²) in [7, 11) is 0. The van der Waals surface area contributed by atoms with Gasteiger partial charge >= 0.3 is 0 Å². The number of aromatic nitrogens is 2. The molecule has 0 bridgehead atoms. The van der Waals surface area contributed by atoms with Crippen LogP contribution in [0.4, 0.5) is 0 Å². The Morgan fingerprint density at radius 1 is 1.10 bits per heavy atom. The molecule has 0 fully saturated rings. The van der Waals surface area contributed by atoms with Crippen LogP contribution in [0.1, 0.15) is 23.7 Å². The Hall–Kier alpha value is -2.13. The van der Waals surface area contributed by atoms with E-state index in [0.29, 0.717) is 6.54 Å². The van der Waals surface area contributed by atoms with Crippen molar-refractivity contribution in [2.45, 2.75) is 26.7 Å². The highest BCUT2D eigenvalue weighted by molar-refractivity contribution is 5.67. The molecule has 1 aromatic carbocycles. The number of hydrogen-bond donors (Lipinski definition) is 1. The number of rotatable bonds is 4. The third-order valence-electron chi connectivity index (χ3n) is 3.88. The largest absolute Gasteiger partial charge is 0.330 e. The molecule has 2 heterocycles. The van der Waals surface area contributed by atoms with Gasteiger partial charge in [-0.05, 0) is 37.1 Å². The van der Waals surface area contributed by atoms with Gasteiger partial charge < -0.3 is 10.1 Å².